The molecular weight excluding hydrogens is 138 g/mol. The molecule has 1 heterocycles. The van der Waals surface area contributed by atoms with E-state index in [0.717, 1.165) is 17.9 Å². The van der Waals surface area contributed by atoms with Gasteiger partial charge in [0.25, 0.3) is 0 Å². The van der Waals surface area contributed by atoms with Crippen LogP contribution in [0.1, 0.15) is 38.3 Å². The lowest BCUT2D eigenvalue weighted by Gasteiger charge is -2.02. The summed E-state index contributed by atoms with van der Waals surface area (Å²) in [5.74, 6) is 1.82. The lowest BCUT2D eigenvalue weighted by atomic mass is 10.2. The quantitative estimate of drug-likeness (QED) is 0.713. The van der Waals surface area contributed by atoms with Gasteiger partial charge in [0.15, 0.2) is 0 Å². The second-order valence-electron chi connectivity index (χ2n) is 2.46. The van der Waals surface area contributed by atoms with Crippen molar-refractivity contribution < 1.29 is 4.42 Å². The molecule has 1 atom stereocenters. The van der Waals surface area contributed by atoms with Crippen molar-refractivity contribution in [3.8, 4) is 0 Å². The Balaban J connectivity index is 0.000001000. The van der Waals surface area contributed by atoms with Gasteiger partial charge in [0.2, 0.25) is 0 Å². The van der Waals surface area contributed by atoms with Gasteiger partial charge in [-0.3, -0.25) is 0 Å². The van der Waals surface area contributed by atoms with Crippen molar-refractivity contribution in [2.75, 3.05) is 0 Å². The monoisotopic (exact) mass is 155 g/mol. The molecule has 2 N–H and O–H groups in total. The van der Waals surface area contributed by atoms with Gasteiger partial charge < -0.3 is 10.2 Å². The highest BCUT2D eigenvalue weighted by Crippen LogP contribution is 2.15. The summed E-state index contributed by atoms with van der Waals surface area (Å²) in [6, 6.07) is 3.93. The molecule has 64 valence electrons. The minimum Gasteiger partial charge on any atom is -0.465 e. The number of hydrogen-bond donors (Lipinski definition) is 1. The fourth-order valence-electron chi connectivity index (χ4n) is 0.854. The average Bonchev–Trinajstić information content (AvgIpc) is 2.34. The van der Waals surface area contributed by atoms with Crippen LogP contribution in [-0.4, -0.2) is 0 Å². The highest BCUT2D eigenvalue weighted by Gasteiger charge is 2.05. The lowest BCUT2D eigenvalue weighted by molar-refractivity contribution is 0.441. The van der Waals surface area contributed by atoms with Crippen molar-refractivity contribution in [3.63, 3.8) is 0 Å². The van der Waals surface area contributed by atoms with E-state index in [1.807, 2.05) is 26.0 Å². The third-order valence-electron chi connectivity index (χ3n) is 1.57. The molecule has 0 aromatic carbocycles. The molecule has 0 unspecified atom stereocenters. The first kappa shape index (κ1) is 10.2. The predicted molar refractivity (Wildman–Crippen MR) is 47.4 cm³/mol. The molecule has 1 rings (SSSR count). The van der Waals surface area contributed by atoms with Crippen molar-refractivity contribution in [2.24, 2.45) is 5.73 Å². The second-order valence-corrected chi connectivity index (χ2v) is 2.46. The molecule has 0 fully saturated rings. The molecule has 0 amide bonds. The summed E-state index contributed by atoms with van der Waals surface area (Å²) >= 11 is 0. The molecule has 0 saturated heterocycles. The van der Waals surface area contributed by atoms with Gasteiger partial charge in [-0.1, -0.05) is 14.4 Å². The molecule has 0 bridgehead atoms. The zero-order chi connectivity index (χ0) is 7.56. The summed E-state index contributed by atoms with van der Waals surface area (Å²) in [4.78, 5) is 0. The van der Waals surface area contributed by atoms with E-state index < -0.39 is 0 Å². The van der Waals surface area contributed by atoms with Crippen LogP contribution in [0.5, 0.6) is 0 Å². The predicted octanol–water partition coefficient (Wildman–Crippen LogP) is 2.63. The van der Waals surface area contributed by atoms with E-state index in [1.165, 1.54) is 0 Å². The van der Waals surface area contributed by atoms with Gasteiger partial charge in [0, 0.05) is 0 Å². The van der Waals surface area contributed by atoms with Gasteiger partial charge in [-0.15, -0.1) is 0 Å². The van der Waals surface area contributed by atoms with Crippen molar-refractivity contribution in [1.82, 2.24) is 0 Å². The molecule has 0 aliphatic carbocycles. The van der Waals surface area contributed by atoms with Crippen LogP contribution in [0.2, 0.25) is 0 Å². The molecule has 11 heavy (non-hydrogen) atoms. The lowest BCUT2D eigenvalue weighted by Crippen LogP contribution is -2.06. The van der Waals surface area contributed by atoms with Crippen molar-refractivity contribution in [1.29, 1.82) is 0 Å². The smallest absolute Gasteiger partial charge is 0.120 e. The zero-order valence-electron chi connectivity index (χ0n) is 6.42. The van der Waals surface area contributed by atoms with E-state index in [0.29, 0.717) is 0 Å². The molecule has 0 aliphatic rings. The molecule has 2 nitrogen and oxygen atoms in total. The fourth-order valence-corrected chi connectivity index (χ4v) is 0.854. The number of hydrogen-bond acceptors (Lipinski definition) is 2. The van der Waals surface area contributed by atoms with Crippen LogP contribution in [0.25, 0.3) is 0 Å². The molecule has 0 radical (unpaired) electrons. The van der Waals surface area contributed by atoms with Crippen LogP contribution in [0.15, 0.2) is 16.5 Å². The van der Waals surface area contributed by atoms with Gasteiger partial charge in [-0.05, 0) is 25.5 Å². The highest BCUT2D eigenvalue weighted by molar-refractivity contribution is 5.08. The maximum Gasteiger partial charge on any atom is 0.120 e. The minimum absolute atomic E-state index is 0. The third kappa shape index (κ3) is 2.39. The van der Waals surface area contributed by atoms with E-state index in [-0.39, 0.29) is 13.5 Å². The van der Waals surface area contributed by atoms with E-state index in [9.17, 15) is 0 Å². The Kier molecular flexibility index (Phi) is 3.90. The second kappa shape index (κ2) is 4.19. The topological polar surface area (TPSA) is 39.2 Å². The summed E-state index contributed by atoms with van der Waals surface area (Å²) in [6.07, 6.45) is 0.924. The first-order chi connectivity index (χ1) is 4.74. The van der Waals surface area contributed by atoms with Crippen LogP contribution in [0.4, 0.5) is 0 Å². The van der Waals surface area contributed by atoms with Crippen LogP contribution in [0.3, 0.4) is 0 Å². The molecule has 1 aromatic heterocycles. The first-order valence-corrected chi connectivity index (χ1v) is 3.56. The zero-order valence-corrected chi connectivity index (χ0v) is 6.42. The van der Waals surface area contributed by atoms with Crippen LogP contribution >= 0.6 is 0 Å². The van der Waals surface area contributed by atoms with E-state index in [1.54, 1.807) is 0 Å². The fraction of sp³-hybridized carbons (Fsp3) is 0.556. The largest absolute Gasteiger partial charge is 0.465 e. The molecule has 0 aliphatic heterocycles. The van der Waals surface area contributed by atoms with E-state index >= 15 is 0 Å². The Morgan fingerprint density at radius 3 is 2.55 bits per heavy atom. The Morgan fingerprint density at radius 1 is 1.55 bits per heavy atom. The van der Waals surface area contributed by atoms with Crippen LogP contribution < -0.4 is 5.73 Å². The normalized spacial score (nSPS) is 12.3. The maximum absolute atomic E-state index is 5.71. The molecule has 1 aromatic rings. The van der Waals surface area contributed by atoms with Crippen LogP contribution in [0, 0.1) is 6.92 Å². The number of furan rings is 1. The summed E-state index contributed by atoms with van der Waals surface area (Å²) < 4.78 is 5.31. The molecule has 2 heteroatoms. The molecular formula is C9H17NO. The number of nitrogens with two attached hydrogens (primary N) is 1. The van der Waals surface area contributed by atoms with Crippen LogP contribution in [-0.2, 0) is 0 Å². The number of rotatable bonds is 2. The summed E-state index contributed by atoms with van der Waals surface area (Å²) in [5, 5.41) is 0. The standard InChI is InChI=1S/C8H13NO.CH4/c1-3-7(9)8-5-4-6(2)10-8;/h4-5,7H,3,9H2,1-2H3;1H4/t7-;/m1./s1. The van der Waals surface area contributed by atoms with Crippen molar-refractivity contribution in [2.45, 2.75) is 33.7 Å². The van der Waals surface area contributed by atoms with Gasteiger partial charge in [-0.25, -0.2) is 0 Å². The SMILES string of the molecule is C.CC[C@@H](N)c1ccc(C)o1. The van der Waals surface area contributed by atoms with Crippen molar-refractivity contribution >= 4 is 0 Å². The van der Waals surface area contributed by atoms with E-state index in [2.05, 4.69) is 0 Å². The average molecular weight is 155 g/mol. The first-order valence-electron chi connectivity index (χ1n) is 3.56. The Bertz CT molecular complexity index is 205. The van der Waals surface area contributed by atoms with Gasteiger partial charge in [-0.2, -0.15) is 0 Å². The van der Waals surface area contributed by atoms with Gasteiger partial charge in [0.05, 0.1) is 6.04 Å². The van der Waals surface area contributed by atoms with E-state index in [4.69, 9.17) is 10.2 Å². The Hall–Kier alpha value is -0.760. The highest BCUT2D eigenvalue weighted by atomic mass is 16.3. The molecule has 0 spiro atoms. The third-order valence-corrected chi connectivity index (χ3v) is 1.57. The summed E-state index contributed by atoms with van der Waals surface area (Å²) in [6.45, 7) is 3.97. The minimum atomic E-state index is 0. The number of aryl methyl sites for hydroxylation is 1. The van der Waals surface area contributed by atoms with Gasteiger partial charge in [0.1, 0.15) is 11.5 Å². The Labute approximate surface area is 68.4 Å². The summed E-state index contributed by atoms with van der Waals surface area (Å²) in [5.41, 5.74) is 5.71. The van der Waals surface area contributed by atoms with Crippen molar-refractivity contribution in [3.05, 3.63) is 23.7 Å². The summed E-state index contributed by atoms with van der Waals surface area (Å²) in [7, 11) is 0. The Morgan fingerprint density at radius 2 is 2.18 bits per heavy atom. The van der Waals surface area contributed by atoms with Gasteiger partial charge >= 0.3 is 0 Å². The maximum atomic E-state index is 5.71. The molecule has 0 saturated carbocycles.